The van der Waals surface area contributed by atoms with Crippen LogP contribution in [-0.2, 0) is 32.2 Å². The lowest BCUT2D eigenvalue weighted by atomic mass is 9.77. The SMILES string of the molecule is O=C(OCc1ccccc1)[C@@H]1[C@H]2C=C[C@@]3(CN(Cc4ccc(F)cc4)C(=O)[C@@H]13)O2. The fraction of sp³-hybridized carbons (Fsp3) is 0.304. The standard InChI is InChI=1S/C23H20FNO4/c24-17-8-6-15(7-9-17)12-25-14-23-11-10-18(29-23)19(20(23)21(25)26)22(27)28-13-16-4-2-1-3-5-16/h1-11,18-20H,12-14H2/t18-,19-,20-,23+/m1/s1. The van der Waals surface area contributed by atoms with E-state index in [4.69, 9.17) is 9.47 Å². The van der Waals surface area contributed by atoms with Crippen LogP contribution in [0.4, 0.5) is 4.39 Å². The third kappa shape index (κ3) is 3.04. The quantitative estimate of drug-likeness (QED) is 0.579. The highest BCUT2D eigenvalue weighted by atomic mass is 19.1. The van der Waals surface area contributed by atoms with Gasteiger partial charge in [0, 0.05) is 6.54 Å². The molecule has 0 aromatic heterocycles. The maximum Gasteiger partial charge on any atom is 0.313 e. The number of rotatable bonds is 5. The number of benzene rings is 2. The Morgan fingerprint density at radius 2 is 1.90 bits per heavy atom. The van der Waals surface area contributed by atoms with Crippen molar-refractivity contribution in [3.05, 3.63) is 83.7 Å². The zero-order valence-electron chi connectivity index (χ0n) is 15.7. The summed E-state index contributed by atoms with van der Waals surface area (Å²) in [6, 6.07) is 15.5. The predicted octanol–water partition coefficient (Wildman–Crippen LogP) is 2.85. The first-order chi connectivity index (χ1) is 14.1. The smallest absolute Gasteiger partial charge is 0.313 e. The number of esters is 1. The van der Waals surface area contributed by atoms with Crippen molar-refractivity contribution in [1.82, 2.24) is 4.90 Å². The first-order valence-corrected chi connectivity index (χ1v) is 9.67. The number of halogens is 1. The predicted molar refractivity (Wildman–Crippen MR) is 102 cm³/mol. The highest BCUT2D eigenvalue weighted by Gasteiger charge is 2.67. The van der Waals surface area contributed by atoms with E-state index in [2.05, 4.69) is 0 Å². The molecule has 2 aromatic rings. The lowest BCUT2D eigenvalue weighted by Crippen LogP contribution is -2.39. The van der Waals surface area contributed by atoms with Gasteiger partial charge in [0.2, 0.25) is 5.91 Å². The van der Waals surface area contributed by atoms with Crippen molar-refractivity contribution >= 4 is 11.9 Å². The van der Waals surface area contributed by atoms with E-state index in [1.165, 1.54) is 12.1 Å². The topological polar surface area (TPSA) is 55.8 Å². The molecule has 29 heavy (non-hydrogen) atoms. The molecule has 1 spiro atoms. The fourth-order valence-corrected chi connectivity index (χ4v) is 4.62. The number of hydrogen-bond acceptors (Lipinski definition) is 4. The van der Waals surface area contributed by atoms with Crippen LogP contribution in [0.2, 0.25) is 0 Å². The molecule has 0 N–H and O–H groups in total. The first kappa shape index (κ1) is 18.1. The number of ether oxygens (including phenoxy) is 2. The molecule has 148 valence electrons. The van der Waals surface area contributed by atoms with E-state index in [9.17, 15) is 14.0 Å². The van der Waals surface area contributed by atoms with Crippen LogP contribution in [0.15, 0.2) is 66.7 Å². The van der Waals surface area contributed by atoms with Crippen molar-refractivity contribution in [2.75, 3.05) is 6.54 Å². The molecule has 2 bridgehead atoms. The van der Waals surface area contributed by atoms with E-state index >= 15 is 0 Å². The summed E-state index contributed by atoms with van der Waals surface area (Å²) in [4.78, 5) is 27.7. The second-order valence-corrected chi connectivity index (χ2v) is 7.81. The Hall–Kier alpha value is -2.99. The minimum absolute atomic E-state index is 0.122. The van der Waals surface area contributed by atoms with Crippen LogP contribution in [0, 0.1) is 17.7 Å². The Morgan fingerprint density at radius 3 is 2.66 bits per heavy atom. The molecule has 6 heteroatoms. The number of fused-ring (bicyclic) bond motifs is 1. The molecule has 5 rings (SSSR count). The van der Waals surface area contributed by atoms with Gasteiger partial charge in [-0.15, -0.1) is 0 Å². The molecule has 5 nitrogen and oxygen atoms in total. The molecule has 4 atom stereocenters. The molecule has 0 radical (unpaired) electrons. The van der Waals surface area contributed by atoms with Crippen LogP contribution >= 0.6 is 0 Å². The minimum atomic E-state index is -0.780. The number of carbonyl (C=O) groups excluding carboxylic acids is 2. The molecule has 2 fully saturated rings. The van der Waals surface area contributed by atoms with E-state index < -0.39 is 29.5 Å². The van der Waals surface area contributed by atoms with Gasteiger partial charge in [0.25, 0.3) is 0 Å². The van der Waals surface area contributed by atoms with Gasteiger partial charge < -0.3 is 14.4 Å². The summed E-state index contributed by atoms with van der Waals surface area (Å²) in [6.07, 6.45) is 3.34. The largest absolute Gasteiger partial charge is 0.460 e. The highest BCUT2D eigenvalue weighted by Crippen LogP contribution is 2.52. The van der Waals surface area contributed by atoms with Gasteiger partial charge in [-0.3, -0.25) is 9.59 Å². The van der Waals surface area contributed by atoms with Crippen molar-refractivity contribution in [1.29, 1.82) is 0 Å². The third-order valence-electron chi connectivity index (χ3n) is 5.96. The van der Waals surface area contributed by atoms with E-state index in [0.29, 0.717) is 13.1 Å². The van der Waals surface area contributed by atoms with Gasteiger partial charge in [-0.05, 0) is 23.3 Å². The molecular weight excluding hydrogens is 373 g/mol. The molecular formula is C23H20FNO4. The van der Waals surface area contributed by atoms with Crippen molar-refractivity contribution < 1.29 is 23.5 Å². The Bertz CT molecular complexity index is 974. The third-order valence-corrected chi connectivity index (χ3v) is 5.96. The molecule has 0 aliphatic carbocycles. The summed E-state index contributed by atoms with van der Waals surface area (Å²) in [5.74, 6) is -2.08. The summed E-state index contributed by atoms with van der Waals surface area (Å²) in [5.41, 5.74) is 0.946. The van der Waals surface area contributed by atoms with Gasteiger partial charge in [0.1, 0.15) is 23.9 Å². The first-order valence-electron chi connectivity index (χ1n) is 9.67. The van der Waals surface area contributed by atoms with Gasteiger partial charge in [-0.25, -0.2) is 4.39 Å². The summed E-state index contributed by atoms with van der Waals surface area (Å²) in [5, 5.41) is 0. The summed E-state index contributed by atoms with van der Waals surface area (Å²) in [6.45, 7) is 0.897. The number of likely N-dealkylation sites (tertiary alicyclic amines) is 1. The minimum Gasteiger partial charge on any atom is -0.460 e. The summed E-state index contributed by atoms with van der Waals surface area (Å²) >= 11 is 0. The fourth-order valence-electron chi connectivity index (χ4n) is 4.62. The number of amides is 1. The zero-order valence-corrected chi connectivity index (χ0v) is 15.7. The second-order valence-electron chi connectivity index (χ2n) is 7.81. The van der Waals surface area contributed by atoms with Crippen molar-refractivity contribution in [2.24, 2.45) is 11.8 Å². The molecule has 0 saturated carbocycles. The van der Waals surface area contributed by atoms with Crippen LogP contribution in [0.5, 0.6) is 0 Å². The number of hydrogen-bond donors (Lipinski definition) is 0. The average molecular weight is 393 g/mol. The summed E-state index contributed by atoms with van der Waals surface area (Å²) < 4.78 is 24.8. The average Bonchev–Trinajstić information content (AvgIpc) is 3.37. The number of carbonyl (C=O) groups is 2. The van der Waals surface area contributed by atoms with Crippen LogP contribution in [0.1, 0.15) is 11.1 Å². The van der Waals surface area contributed by atoms with Crippen LogP contribution in [-0.4, -0.2) is 35.0 Å². The highest BCUT2D eigenvalue weighted by molar-refractivity contribution is 5.91. The maximum atomic E-state index is 13.2. The van der Waals surface area contributed by atoms with E-state index in [1.807, 2.05) is 42.5 Å². The Balaban J connectivity index is 1.32. The lowest BCUT2D eigenvalue weighted by Gasteiger charge is -2.22. The van der Waals surface area contributed by atoms with Crippen LogP contribution in [0.3, 0.4) is 0 Å². The normalized spacial score (nSPS) is 29.3. The van der Waals surface area contributed by atoms with Crippen LogP contribution in [0.25, 0.3) is 0 Å². The molecule has 3 heterocycles. The molecule has 1 amide bonds. The van der Waals surface area contributed by atoms with Crippen molar-refractivity contribution in [3.63, 3.8) is 0 Å². The lowest BCUT2D eigenvalue weighted by molar-refractivity contribution is -0.155. The molecule has 2 saturated heterocycles. The van der Waals surface area contributed by atoms with Gasteiger partial charge in [0.05, 0.1) is 18.6 Å². The van der Waals surface area contributed by atoms with E-state index in [1.54, 1.807) is 17.0 Å². The second kappa shape index (κ2) is 6.81. The van der Waals surface area contributed by atoms with E-state index in [0.717, 1.165) is 11.1 Å². The Kier molecular flexibility index (Phi) is 4.24. The van der Waals surface area contributed by atoms with Gasteiger partial charge >= 0.3 is 5.97 Å². The molecule has 3 aliphatic heterocycles. The van der Waals surface area contributed by atoms with E-state index in [-0.39, 0.29) is 18.3 Å². The van der Waals surface area contributed by atoms with Gasteiger partial charge in [-0.1, -0.05) is 54.6 Å². The molecule has 3 aliphatic rings. The Labute approximate surface area is 167 Å². The van der Waals surface area contributed by atoms with Crippen molar-refractivity contribution in [3.8, 4) is 0 Å². The molecule has 0 unspecified atom stereocenters. The van der Waals surface area contributed by atoms with Gasteiger partial charge in [0.15, 0.2) is 0 Å². The van der Waals surface area contributed by atoms with Crippen LogP contribution < -0.4 is 0 Å². The molecule has 2 aromatic carbocycles. The monoisotopic (exact) mass is 393 g/mol. The van der Waals surface area contributed by atoms with Crippen molar-refractivity contribution in [2.45, 2.75) is 24.9 Å². The number of nitrogens with zero attached hydrogens (tertiary/aromatic N) is 1. The maximum absolute atomic E-state index is 13.2. The zero-order chi connectivity index (χ0) is 20.0. The van der Waals surface area contributed by atoms with Gasteiger partial charge in [-0.2, -0.15) is 0 Å². The Morgan fingerprint density at radius 1 is 1.14 bits per heavy atom. The summed E-state index contributed by atoms with van der Waals surface area (Å²) in [7, 11) is 0.